The Balaban J connectivity index is 2.19. The van der Waals surface area contributed by atoms with Crippen LogP contribution in [0.3, 0.4) is 0 Å². The first-order valence-corrected chi connectivity index (χ1v) is 8.89. The normalized spacial score (nSPS) is 27.9. The van der Waals surface area contributed by atoms with Crippen LogP contribution in [0.25, 0.3) is 11.3 Å². The third-order valence-electron chi connectivity index (χ3n) is 4.50. The van der Waals surface area contributed by atoms with Crippen LogP contribution in [0, 0.1) is 16.0 Å². The summed E-state index contributed by atoms with van der Waals surface area (Å²) < 4.78 is 7.13. The summed E-state index contributed by atoms with van der Waals surface area (Å²) in [7, 11) is 0. The fourth-order valence-electron chi connectivity index (χ4n) is 3.04. The van der Waals surface area contributed by atoms with Crippen molar-refractivity contribution in [1.29, 1.82) is 5.26 Å². The third kappa shape index (κ3) is 3.63. The molecule has 1 aromatic heterocycles. The molecule has 0 amide bonds. The van der Waals surface area contributed by atoms with Crippen molar-refractivity contribution in [2.45, 2.75) is 30.6 Å². The van der Waals surface area contributed by atoms with E-state index >= 15 is 0 Å². The maximum Gasteiger partial charge on any atom is 0.164 e. The molecular formula is C18H17ClN2O5S. The summed E-state index contributed by atoms with van der Waals surface area (Å²) >= 11 is 11.3. The number of ether oxygens (including phenoxy) is 1. The van der Waals surface area contributed by atoms with Crippen molar-refractivity contribution in [3.05, 3.63) is 51.6 Å². The van der Waals surface area contributed by atoms with Gasteiger partial charge < -0.3 is 29.7 Å². The van der Waals surface area contributed by atoms with Gasteiger partial charge in [-0.15, -0.1) is 0 Å². The Morgan fingerprint density at radius 1 is 1.07 bits per heavy atom. The van der Waals surface area contributed by atoms with Crippen molar-refractivity contribution < 1.29 is 25.2 Å². The van der Waals surface area contributed by atoms with Gasteiger partial charge in [-0.3, -0.25) is 0 Å². The van der Waals surface area contributed by atoms with Crippen LogP contribution in [0.15, 0.2) is 36.4 Å². The molecule has 1 saturated heterocycles. The Morgan fingerprint density at radius 3 is 2.33 bits per heavy atom. The lowest BCUT2D eigenvalue weighted by atomic mass is 9.97. The monoisotopic (exact) mass is 408 g/mol. The first-order valence-electron chi connectivity index (χ1n) is 8.11. The fourth-order valence-corrected chi connectivity index (χ4v) is 3.48. The highest BCUT2D eigenvalue weighted by Gasteiger charge is 2.44. The second kappa shape index (κ2) is 8.04. The highest BCUT2D eigenvalue weighted by atomic mass is 35.5. The van der Waals surface area contributed by atoms with Crippen LogP contribution in [-0.4, -0.2) is 56.0 Å². The number of rotatable bonds is 3. The molecule has 0 bridgehead atoms. The van der Waals surface area contributed by atoms with Gasteiger partial charge in [-0.05, 0) is 29.8 Å². The van der Waals surface area contributed by atoms with Crippen LogP contribution in [0.2, 0.25) is 5.02 Å². The summed E-state index contributed by atoms with van der Waals surface area (Å²) in [5.41, 5.74) is 1.38. The van der Waals surface area contributed by atoms with Gasteiger partial charge in [0.15, 0.2) is 6.23 Å². The lowest BCUT2D eigenvalue weighted by molar-refractivity contribution is -0.251. The lowest BCUT2D eigenvalue weighted by Gasteiger charge is -2.41. The van der Waals surface area contributed by atoms with E-state index in [2.05, 4.69) is 0 Å². The van der Waals surface area contributed by atoms with E-state index in [4.69, 9.17) is 28.6 Å². The highest BCUT2D eigenvalue weighted by molar-refractivity contribution is 7.71. The number of halogens is 1. The molecule has 0 radical (unpaired) electrons. The van der Waals surface area contributed by atoms with Crippen molar-refractivity contribution >= 4 is 23.8 Å². The van der Waals surface area contributed by atoms with E-state index < -0.39 is 37.3 Å². The number of aliphatic hydroxyl groups excluding tert-OH is 4. The molecule has 4 N–H and O–H groups in total. The Hall–Kier alpha value is -1.83. The van der Waals surface area contributed by atoms with Crippen molar-refractivity contribution in [2.24, 2.45) is 0 Å². The van der Waals surface area contributed by atoms with Crippen LogP contribution < -0.4 is 0 Å². The smallest absolute Gasteiger partial charge is 0.164 e. The van der Waals surface area contributed by atoms with E-state index in [0.717, 1.165) is 0 Å². The molecule has 0 unspecified atom stereocenters. The quantitative estimate of drug-likeness (QED) is 0.566. The molecule has 0 aliphatic carbocycles. The second-order valence-electron chi connectivity index (χ2n) is 6.15. The number of nitriles is 1. The molecule has 1 aromatic carbocycles. The summed E-state index contributed by atoms with van der Waals surface area (Å²) in [6.45, 7) is -0.566. The Bertz CT molecular complexity index is 925. The first-order chi connectivity index (χ1) is 12.9. The molecule has 0 spiro atoms. The molecule has 2 heterocycles. The van der Waals surface area contributed by atoms with Crippen LogP contribution in [0.4, 0.5) is 0 Å². The summed E-state index contributed by atoms with van der Waals surface area (Å²) in [4.78, 5) is 0. The minimum Gasteiger partial charge on any atom is -0.394 e. The Morgan fingerprint density at radius 2 is 1.74 bits per heavy atom. The van der Waals surface area contributed by atoms with Crippen LogP contribution in [0.1, 0.15) is 11.8 Å². The number of hydrogen-bond donors (Lipinski definition) is 4. The van der Waals surface area contributed by atoms with Gasteiger partial charge in [-0.2, -0.15) is 5.26 Å². The summed E-state index contributed by atoms with van der Waals surface area (Å²) in [6.07, 6.45) is -6.90. The zero-order chi connectivity index (χ0) is 19.7. The van der Waals surface area contributed by atoms with E-state index in [-0.39, 0.29) is 10.2 Å². The fraction of sp³-hybridized carbons (Fsp3) is 0.333. The predicted octanol–water partition coefficient (Wildman–Crippen LogP) is 1.38. The molecule has 7 nitrogen and oxygen atoms in total. The topological polar surface area (TPSA) is 119 Å². The molecule has 1 aliphatic rings. The maximum atomic E-state index is 10.5. The van der Waals surface area contributed by atoms with E-state index in [1.165, 1.54) is 4.57 Å². The Kier molecular flexibility index (Phi) is 5.93. The maximum absolute atomic E-state index is 10.5. The molecule has 2 aromatic rings. The first kappa shape index (κ1) is 19.9. The minimum atomic E-state index is -1.56. The minimum absolute atomic E-state index is 0.0919. The number of benzene rings is 1. The van der Waals surface area contributed by atoms with Crippen LogP contribution in [-0.2, 0) is 4.74 Å². The highest BCUT2D eigenvalue weighted by Crippen LogP contribution is 2.33. The molecule has 0 saturated carbocycles. The summed E-state index contributed by atoms with van der Waals surface area (Å²) in [5, 5.41) is 49.9. The number of hydrogen-bond acceptors (Lipinski definition) is 7. The van der Waals surface area contributed by atoms with Gasteiger partial charge in [0, 0.05) is 5.02 Å². The van der Waals surface area contributed by atoms with Gasteiger partial charge in [-0.25, -0.2) is 0 Å². The van der Waals surface area contributed by atoms with Gasteiger partial charge in [-0.1, -0.05) is 36.0 Å². The zero-order valence-electron chi connectivity index (χ0n) is 13.9. The number of aromatic nitrogens is 1. The average Bonchev–Trinajstić information content (AvgIpc) is 2.67. The van der Waals surface area contributed by atoms with E-state index in [1.54, 1.807) is 36.4 Å². The van der Waals surface area contributed by atoms with Crippen LogP contribution >= 0.6 is 23.8 Å². The number of nitrogens with zero attached hydrogens (tertiary/aromatic N) is 2. The Labute approximate surface area is 165 Å². The molecule has 27 heavy (non-hydrogen) atoms. The standard InChI is InChI=1S/C18H17ClN2O5S/c19-11-4-1-9(2-5-11)12-6-3-10(7-20)18(27)21(12)17-16(25)15(24)14(23)13(8-22)26-17/h1-6,13-17,22-25H,8H2/t13-,14+,15+,16-,17-/m1/s1. The second-order valence-corrected chi connectivity index (χ2v) is 6.97. The van der Waals surface area contributed by atoms with Gasteiger partial charge in [0.2, 0.25) is 0 Å². The third-order valence-corrected chi connectivity index (χ3v) is 5.17. The van der Waals surface area contributed by atoms with Crippen molar-refractivity contribution in [3.8, 4) is 17.3 Å². The molecule has 3 rings (SSSR count). The average molecular weight is 409 g/mol. The number of pyridine rings is 1. The molecule has 5 atom stereocenters. The lowest BCUT2D eigenvalue weighted by Crippen LogP contribution is -2.56. The molecule has 142 valence electrons. The summed E-state index contributed by atoms with van der Waals surface area (Å²) in [5.74, 6) is 0. The molecule has 1 fully saturated rings. The van der Waals surface area contributed by atoms with Gasteiger partial charge in [0.05, 0.1) is 17.9 Å². The largest absolute Gasteiger partial charge is 0.394 e. The zero-order valence-corrected chi connectivity index (χ0v) is 15.5. The van der Waals surface area contributed by atoms with Crippen LogP contribution in [0.5, 0.6) is 0 Å². The van der Waals surface area contributed by atoms with Gasteiger partial charge in [0.1, 0.15) is 35.1 Å². The molecular weight excluding hydrogens is 392 g/mol. The molecule has 9 heteroatoms. The van der Waals surface area contributed by atoms with Crippen molar-refractivity contribution in [2.75, 3.05) is 6.61 Å². The van der Waals surface area contributed by atoms with Gasteiger partial charge >= 0.3 is 0 Å². The molecule has 1 aliphatic heterocycles. The van der Waals surface area contributed by atoms with Crippen molar-refractivity contribution in [1.82, 2.24) is 4.57 Å². The SMILES string of the molecule is N#Cc1ccc(-c2ccc(Cl)cc2)n([C@@H]2O[C@H](CO)[C@H](O)[C@H](O)[C@H]2O)c1=S. The van der Waals surface area contributed by atoms with Crippen molar-refractivity contribution in [3.63, 3.8) is 0 Å². The summed E-state index contributed by atoms with van der Waals surface area (Å²) in [6, 6.07) is 12.0. The van der Waals surface area contributed by atoms with E-state index in [9.17, 15) is 25.7 Å². The van der Waals surface area contributed by atoms with Gasteiger partial charge in [0.25, 0.3) is 0 Å². The van der Waals surface area contributed by atoms with E-state index in [1.807, 2.05) is 6.07 Å². The predicted molar refractivity (Wildman–Crippen MR) is 99.4 cm³/mol. The van der Waals surface area contributed by atoms with E-state index in [0.29, 0.717) is 16.3 Å². The number of aliphatic hydroxyl groups is 4.